The minimum atomic E-state index is -3.45. The summed E-state index contributed by atoms with van der Waals surface area (Å²) in [5.74, 6) is 0.728. The lowest BCUT2D eigenvalue weighted by molar-refractivity contribution is 0.520. The van der Waals surface area contributed by atoms with Crippen molar-refractivity contribution in [1.82, 2.24) is 9.29 Å². The third-order valence-corrected chi connectivity index (χ3v) is 5.20. The molecule has 0 N–H and O–H groups in total. The van der Waals surface area contributed by atoms with Crippen LogP contribution in [0.5, 0.6) is 0 Å². The van der Waals surface area contributed by atoms with Crippen molar-refractivity contribution in [3.05, 3.63) is 48.2 Å². The van der Waals surface area contributed by atoms with Gasteiger partial charge in [-0.3, -0.25) is 0 Å². The summed E-state index contributed by atoms with van der Waals surface area (Å²) in [5, 5.41) is 0. The zero-order chi connectivity index (χ0) is 16.3. The average molecular weight is 319 g/mol. The van der Waals surface area contributed by atoms with Gasteiger partial charge in [-0.1, -0.05) is 12.1 Å². The first kappa shape index (κ1) is 16.5. The Kier molecular flexibility index (Phi) is 4.83. The summed E-state index contributed by atoms with van der Waals surface area (Å²) < 4.78 is 25.3. The molecule has 2 aromatic rings. The van der Waals surface area contributed by atoms with Crippen LogP contribution in [0.3, 0.4) is 0 Å². The minimum absolute atomic E-state index is 0.196. The van der Waals surface area contributed by atoms with Crippen LogP contribution in [0.2, 0.25) is 0 Å². The molecule has 0 aliphatic heterocycles. The Balaban J connectivity index is 2.36. The largest absolute Gasteiger partial charge is 0.327 e. The second-order valence-corrected chi connectivity index (χ2v) is 7.37. The SMILES string of the molecule is CCN(c1cccc(C)c1)c1ccc(S(=O)(=O)N(C)C)cn1. The molecule has 0 saturated carbocycles. The second-order valence-electron chi connectivity index (χ2n) is 5.22. The number of sulfonamides is 1. The Morgan fingerprint density at radius 1 is 1.14 bits per heavy atom. The van der Waals surface area contributed by atoms with Crippen molar-refractivity contribution in [1.29, 1.82) is 0 Å². The van der Waals surface area contributed by atoms with Crippen molar-refractivity contribution in [2.24, 2.45) is 0 Å². The van der Waals surface area contributed by atoms with Gasteiger partial charge in [0.05, 0.1) is 0 Å². The number of nitrogens with zero attached hydrogens (tertiary/aromatic N) is 3. The molecule has 22 heavy (non-hydrogen) atoms. The smallest absolute Gasteiger partial charge is 0.244 e. The van der Waals surface area contributed by atoms with Gasteiger partial charge in [-0.2, -0.15) is 0 Å². The molecular formula is C16H21N3O2S. The molecule has 0 amide bonds. The number of benzene rings is 1. The summed E-state index contributed by atoms with van der Waals surface area (Å²) >= 11 is 0. The maximum atomic E-state index is 12.1. The van der Waals surface area contributed by atoms with Gasteiger partial charge in [0.25, 0.3) is 0 Å². The molecule has 0 atom stereocenters. The fourth-order valence-corrected chi connectivity index (χ4v) is 3.02. The zero-order valence-corrected chi connectivity index (χ0v) is 14.1. The molecule has 1 aromatic heterocycles. The molecule has 1 aromatic carbocycles. The molecule has 0 fully saturated rings. The fourth-order valence-electron chi connectivity index (χ4n) is 2.17. The summed E-state index contributed by atoms with van der Waals surface area (Å²) in [5.41, 5.74) is 2.21. The summed E-state index contributed by atoms with van der Waals surface area (Å²) in [7, 11) is -0.429. The molecule has 0 saturated heterocycles. The highest BCUT2D eigenvalue weighted by molar-refractivity contribution is 7.89. The van der Waals surface area contributed by atoms with E-state index in [-0.39, 0.29) is 4.90 Å². The van der Waals surface area contributed by atoms with Crippen LogP contribution in [0.25, 0.3) is 0 Å². The van der Waals surface area contributed by atoms with Gasteiger partial charge in [0.2, 0.25) is 10.0 Å². The van der Waals surface area contributed by atoms with Crippen LogP contribution in [0.1, 0.15) is 12.5 Å². The summed E-state index contributed by atoms with van der Waals surface area (Å²) in [6, 6.07) is 11.5. The molecule has 0 radical (unpaired) electrons. The van der Waals surface area contributed by atoms with E-state index >= 15 is 0 Å². The molecule has 0 aliphatic rings. The topological polar surface area (TPSA) is 53.5 Å². The van der Waals surface area contributed by atoms with Gasteiger partial charge in [-0.25, -0.2) is 17.7 Å². The Bertz CT molecular complexity index is 740. The Hall–Kier alpha value is -1.92. The lowest BCUT2D eigenvalue weighted by atomic mass is 10.2. The van der Waals surface area contributed by atoms with Crippen molar-refractivity contribution >= 4 is 21.5 Å². The van der Waals surface area contributed by atoms with E-state index in [1.807, 2.05) is 36.9 Å². The molecule has 0 spiro atoms. The van der Waals surface area contributed by atoms with Crippen LogP contribution in [-0.2, 0) is 10.0 Å². The molecule has 0 unspecified atom stereocenters. The number of hydrogen-bond donors (Lipinski definition) is 0. The number of aromatic nitrogens is 1. The fraction of sp³-hybridized carbons (Fsp3) is 0.312. The van der Waals surface area contributed by atoms with Crippen molar-refractivity contribution in [2.45, 2.75) is 18.7 Å². The van der Waals surface area contributed by atoms with E-state index in [9.17, 15) is 8.42 Å². The van der Waals surface area contributed by atoms with Gasteiger partial charge < -0.3 is 4.90 Å². The van der Waals surface area contributed by atoms with Gasteiger partial charge in [0.1, 0.15) is 10.7 Å². The Morgan fingerprint density at radius 3 is 2.36 bits per heavy atom. The first-order chi connectivity index (χ1) is 10.4. The van der Waals surface area contributed by atoms with Crippen LogP contribution in [-0.4, -0.2) is 38.3 Å². The van der Waals surface area contributed by atoms with Crippen molar-refractivity contribution in [3.8, 4) is 0 Å². The highest BCUT2D eigenvalue weighted by Crippen LogP contribution is 2.25. The first-order valence-electron chi connectivity index (χ1n) is 7.09. The van der Waals surface area contributed by atoms with Gasteiger partial charge in [-0.15, -0.1) is 0 Å². The molecule has 1 heterocycles. The lowest BCUT2D eigenvalue weighted by Crippen LogP contribution is -2.23. The Labute approximate surface area is 132 Å². The third-order valence-electron chi connectivity index (χ3n) is 3.41. The van der Waals surface area contributed by atoms with E-state index in [1.54, 1.807) is 12.1 Å². The van der Waals surface area contributed by atoms with E-state index in [1.165, 1.54) is 30.2 Å². The van der Waals surface area contributed by atoms with Gasteiger partial charge in [-0.05, 0) is 43.7 Å². The van der Waals surface area contributed by atoms with Crippen LogP contribution >= 0.6 is 0 Å². The predicted molar refractivity (Wildman–Crippen MR) is 89.0 cm³/mol. The van der Waals surface area contributed by atoms with Gasteiger partial charge in [0.15, 0.2) is 0 Å². The quantitative estimate of drug-likeness (QED) is 0.850. The maximum absolute atomic E-state index is 12.1. The summed E-state index contributed by atoms with van der Waals surface area (Å²) in [4.78, 5) is 6.56. The van der Waals surface area contributed by atoms with Crippen molar-refractivity contribution in [3.63, 3.8) is 0 Å². The number of aryl methyl sites for hydroxylation is 1. The highest BCUT2D eigenvalue weighted by atomic mass is 32.2. The Morgan fingerprint density at radius 2 is 1.86 bits per heavy atom. The number of pyridine rings is 1. The van der Waals surface area contributed by atoms with Crippen molar-refractivity contribution < 1.29 is 8.42 Å². The first-order valence-corrected chi connectivity index (χ1v) is 8.53. The molecule has 6 heteroatoms. The third kappa shape index (κ3) is 3.28. The number of rotatable bonds is 5. The number of anilines is 2. The van der Waals surface area contributed by atoms with E-state index < -0.39 is 10.0 Å². The minimum Gasteiger partial charge on any atom is -0.327 e. The van der Waals surface area contributed by atoms with E-state index in [2.05, 4.69) is 11.1 Å². The predicted octanol–water partition coefficient (Wildman–Crippen LogP) is 2.80. The summed E-state index contributed by atoms with van der Waals surface area (Å²) in [6.07, 6.45) is 1.41. The molecule has 118 valence electrons. The van der Waals surface area contributed by atoms with Crippen LogP contribution in [0.15, 0.2) is 47.5 Å². The van der Waals surface area contributed by atoms with Crippen LogP contribution < -0.4 is 4.90 Å². The molecule has 0 aliphatic carbocycles. The van der Waals surface area contributed by atoms with Gasteiger partial charge in [0, 0.05) is 32.5 Å². The maximum Gasteiger partial charge on any atom is 0.244 e. The normalized spacial score (nSPS) is 11.7. The molecular weight excluding hydrogens is 298 g/mol. The summed E-state index contributed by atoms with van der Waals surface area (Å²) in [6.45, 7) is 4.82. The molecule has 2 rings (SSSR count). The van der Waals surface area contributed by atoms with Gasteiger partial charge >= 0.3 is 0 Å². The van der Waals surface area contributed by atoms with Crippen LogP contribution in [0.4, 0.5) is 11.5 Å². The lowest BCUT2D eigenvalue weighted by Gasteiger charge is -2.22. The molecule has 0 bridgehead atoms. The average Bonchev–Trinajstić information content (AvgIpc) is 2.48. The van der Waals surface area contributed by atoms with E-state index in [0.717, 1.165) is 18.1 Å². The van der Waals surface area contributed by atoms with E-state index in [4.69, 9.17) is 0 Å². The highest BCUT2D eigenvalue weighted by Gasteiger charge is 2.18. The number of hydrogen-bond acceptors (Lipinski definition) is 4. The second kappa shape index (κ2) is 6.46. The zero-order valence-electron chi connectivity index (χ0n) is 13.3. The standard InChI is InChI=1S/C16H21N3O2S/c1-5-19(14-8-6-7-13(2)11-14)16-10-9-15(12-17-16)22(20,21)18(3)4/h6-12H,5H2,1-4H3. The van der Waals surface area contributed by atoms with Crippen molar-refractivity contribution in [2.75, 3.05) is 25.5 Å². The molecule has 5 nitrogen and oxygen atoms in total. The van der Waals surface area contributed by atoms with Crippen LogP contribution in [0, 0.1) is 6.92 Å². The van der Waals surface area contributed by atoms with E-state index in [0.29, 0.717) is 0 Å². The monoisotopic (exact) mass is 319 g/mol.